The van der Waals surface area contributed by atoms with Crippen LogP contribution >= 0.6 is 35.3 Å². The zero-order chi connectivity index (χ0) is 19.0. The van der Waals surface area contributed by atoms with Gasteiger partial charge in [0.25, 0.3) is 0 Å². The molecule has 2 aromatic rings. The molecule has 0 fully saturated rings. The maximum atomic E-state index is 13.6. The highest BCUT2D eigenvalue weighted by atomic mass is 127. The van der Waals surface area contributed by atoms with Crippen molar-refractivity contribution in [3.63, 3.8) is 0 Å². The smallest absolute Gasteiger partial charge is 0.357 e. The van der Waals surface area contributed by atoms with Gasteiger partial charge in [0.05, 0.1) is 5.01 Å². The summed E-state index contributed by atoms with van der Waals surface area (Å²) in [5.41, 5.74) is -0.255. The van der Waals surface area contributed by atoms with E-state index in [1.165, 1.54) is 6.07 Å². The molecule has 0 spiro atoms. The molecule has 150 valence electrons. The number of rotatable bonds is 7. The predicted octanol–water partition coefficient (Wildman–Crippen LogP) is 4.26. The second kappa shape index (κ2) is 11.4. The second-order valence-electron chi connectivity index (χ2n) is 5.40. The summed E-state index contributed by atoms with van der Waals surface area (Å²) in [6.07, 6.45) is -3.59. The molecule has 0 unspecified atom stereocenters. The Morgan fingerprint density at radius 2 is 1.93 bits per heavy atom. The van der Waals surface area contributed by atoms with Crippen LogP contribution < -0.4 is 10.6 Å². The van der Waals surface area contributed by atoms with Gasteiger partial charge < -0.3 is 10.6 Å². The zero-order valence-corrected chi connectivity index (χ0v) is 17.8. The number of alkyl halides is 3. The molecule has 1 aromatic heterocycles. The SMILES string of the molecule is CCNC(=NCCc1nc(C(F)(F)F)cs1)NCCc1ccccc1F.I. The largest absolute Gasteiger partial charge is 0.434 e. The first-order valence-electron chi connectivity index (χ1n) is 8.17. The average molecular weight is 516 g/mol. The Bertz CT molecular complexity index is 734. The van der Waals surface area contributed by atoms with Crippen LogP contribution in [-0.2, 0) is 19.0 Å². The summed E-state index contributed by atoms with van der Waals surface area (Å²) in [5, 5.41) is 7.54. The molecule has 0 aliphatic carbocycles. The molecular weight excluding hydrogens is 495 g/mol. The summed E-state index contributed by atoms with van der Waals surface area (Å²) in [6.45, 7) is 3.34. The van der Waals surface area contributed by atoms with Crippen LogP contribution in [-0.4, -0.2) is 30.6 Å². The van der Waals surface area contributed by atoms with Crippen LogP contribution in [0.5, 0.6) is 0 Å². The highest BCUT2D eigenvalue weighted by Crippen LogP contribution is 2.30. The van der Waals surface area contributed by atoms with Gasteiger partial charge in [0, 0.05) is 31.4 Å². The fourth-order valence-corrected chi connectivity index (χ4v) is 2.97. The Labute approximate surface area is 176 Å². The van der Waals surface area contributed by atoms with Crippen LogP contribution in [0.25, 0.3) is 0 Å². The minimum absolute atomic E-state index is 0. The lowest BCUT2D eigenvalue weighted by Crippen LogP contribution is -2.38. The van der Waals surface area contributed by atoms with E-state index < -0.39 is 11.9 Å². The summed E-state index contributed by atoms with van der Waals surface area (Å²) in [6, 6.07) is 6.56. The molecule has 0 radical (unpaired) electrons. The van der Waals surface area contributed by atoms with Gasteiger partial charge in [-0.2, -0.15) is 13.2 Å². The van der Waals surface area contributed by atoms with Gasteiger partial charge in [0.15, 0.2) is 11.7 Å². The van der Waals surface area contributed by atoms with Crippen molar-refractivity contribution in [1.29, 1.82) is 0 Å². The van der Waals surface area contributed by atoms with E-state index in [0.29, 0.717) is 49.0 Å². The van der Waals surface area contributed by atoms with Gasteiger partial charge in [-0.15, -0.1) is 35.3 Å². The first-order valence-corrected chi connectivity index (χ1v) is 9.05. The molecule has 1 heterocycles. The Balaban J connectivity index is 0.00000364. The quantitative estimate of drug-likeness (QED) is 0.250. The molecule has 0 aliphatic heterocycles. The van der Waals surface area contributed by atoms with Gasteiger partial charge in [-0.05, 0) is 25.0 Å². The van der Waals surface area contributed by atoms with Crippen molar-refractivity contribution in [2.75, 3.05) is 19.6 Å². The molecule has 2 rings (SSSR count). The Kier molecular flexibility index (Phi) is 9.99. The zero-order valence-electron chi connectivity index (χ0n) is 14.6. The number of aromatic nitrogens is 1. The van der Waals surface area contributed by atoms with Crippen molar-refractivity contribution < 1.29 is 17.6 Å². The van der Waals surface area contributed by atoms with Crippen LogP contribution in [0.15, 0.2) is 34.6 Å². The number of thiazole rings is 1. The van der Waals surface area contributed by atoms with E-state index in [0.717, 1.165) is 16.7 Å². The first kappa shape index (κ1) is 23.6. The molecule has 27 heavy (non-hydrogen) atoms. The normalized spacial score (nSPS) is 11.8. The first-order chi connectivity index (χ1) is 12.4. The van der Waals surface area contributed by atoms with Crippen molar-refractivity contribution in [1.82, 2.24) is 15.6 Å². The van der Waals surface area contributed by atoms with E-state index in [1.54, 1.807) is 18.2 Å². The molecule has 0 atom stereocenters. The van der Waals surface area contributed by atoms with Crippen molar-refractivity contribution >= 4 is 41.3 Å². The predicted molar refractivity (Wildman–Crippen MR) is 110 cm³/mol. The lowest BCUT2D eigenvalue weighted by atomic mass is 10.1. The number of nitrogens with one attached hydrogen (secondary N) is 2. The van der Waals surface area contributed by atoms with Gasteiger partial charge >= 0.3 is 6.18 Å². The summed E-state index contributed by atoms with van der Waals surface area (Å²) in [7, 11) is 0. The number of guanidine groups is 1. The topological polar surface area (TPSA) is 49.3 Å². The van der Waals surface area contributed by atoms with E-state index >= 15 is 0 Å². The van der Waals surface area contributed by atoms with Crippen LogP contribution in [0.3, 0.4) is 0 Å². The number of aliphatic imine (C=N–C) groups is 1. The summed E-state index contributed by atoms with van der Waals surface area (Å²) >= 11 is 0.975. The lowest BCUT2D eigenvalue weighted by Gasteiger charge is -2.11. The Hall–Kier alpha value is -1.43. The van der Waals surface area contributed by atoms with Crippen molar-refractivity contribution in [2.24, 2.45) is 4.99 Å². The Morgan fingerprint density at radius 1 is 1.19 bits per heavy atom. The second-order valence-corrected chi connectivity index (χ2v) is 6.35. The van der Waals surface area contributed by atoms with Crippen molar-refractivity contribution in [2.45, 2.75) is 25.9 Å². The third kappa shape index (κ3) is 7.99. The Morgan fingerprint density at radius 3 is 2.56 bits per heavy atom. The monoisotopic (exact) mass is 516 g/mol. The molecule has 1 aromatic carbocycles. The van der Waals surface area contributed by atoms with E-state index in [4.69, 9.17) is 0 Å². The van der Waals surface area contributed by atoms with Crippen molar-refractivity contribution in [3.05, 3.63) is 51.7 Å². The van der Waals surface area contributed by atoms with Gasteiger partial charge in [-0.25, -0.2) is 9.37 Å². The summed E-state index contributed by atoms with van der Waals surface area (Å²) in [5.74, 6) is 0.289. The summed E-state index contributed by atoms with van der Waals surface area (Å²) in [4.78, 5) is 7.90. The van der Waals surface area contributed by atoms with E-state index in [-0.39, 0.29) is 29.8 Å². The maximum absolute atomic E-state index is 13.6. The number of nitrogens with zero attached hydrogens (tertiary/aromatic N) is 2. The fraction of sp³-hybridized carbons (Fsp3) is 0.412. The molecule has 0 saturated heterocycles. The summed E-state index contributed by atoms with van der Waals surface area (Å²) < 4.78 is 51.2. The van der Waals surface area contributed by atoms with E-state index in [2.05, 4.69) is 20.6 Å². The number of hydrogen-bond donors (Lipinski definition) is 2. The van der Waals surface area contributed by atoms with E-state index in [1.807, 2.05) is 6.92 Å². The fourth-order valence-electron chi connectivity index (χ4n) is 2.18. The lowest BCUT2D eigenvalue weighted by molar-refractivity contribution is -0.140. The van der Waals surface area contributed by atoms with Gasteiger partial charge in [-0.1, -0.05) is 18.2 Å². The third-order valence-corrected chi connectivity index (χ3v) is 4.34. The third-order valence-electron chi connectivity index (χ3n) is 3.43. The minimum atomic E-state index is -4.42. The highest BCUT2D eigenvalue weighted by molar-refractivity contribution is 14.0. The molecule has 0 saturated carbocycles. The van der Waals surface area contributed by atoms with Crippen LogP contribution in [0.1, 0.15) is 23.2 Å². The molecule has 4 nitrogen and oxygen atoms in total. The molecule has 10 heteroatoms. The van der Waals surface area contributed by atoms with E-state index in [9.17, 15) is 17.6 Å². The standard InChI is InChI=1S/C17H20F4N4S.HI/c1-2-22-16(23-9-7-12-5-3-4-6-13(12)18)24-10-8-15-25-14(11-26-15)17(19,20)21;/h3-6,11H,2,7-10H2,1H3,(H2,22,23,24);1H. The van der Waals surface area contributed by atoms with Gasteiger partial charge in [0.1, 0.15) is 5.82 Å². The maximum Gasteiger partial charge on any atom is 0.434 e. The van der Waals surface area contributed by atoms with Crippen molar-refractivity contribution in [3.8, 4) is 0 Å². The van der Waals surface area contributed by atoms with Crippen LogP contribution in [0.4, 0.5) is 17.6 Å². The molecule has 0 bridgehead atoms. The average Bonchev–Trinajstić information content (AvgIpc) is 3.06. The van der Waals surface area contributed by atoms with Gasteiger partial charge in [0.2, 0.25) is 0 Å². The highest BCUT2D eigenvalue weighted by Gasteiger charge is 2.33. The molecule has 0 aliphatic rings. The molecule has 2 N–H and O–H groups in total. The number of benzene rings is 1. The van der Waals surface area contributed by atoms with Crippen LogP contribution in [0.2, 0.25) is 0 Å². The number of halogens is 5. The minimum Gasteiger partial charge on any atom is -0.357 e. The molecule has 0 amide bonds. The van der Waals surface area contributed by atoms with Gasteiger partial charge in [-0.3, -0.25) is 4.99 Å². The van der Waals surface area contributed by atoms with Crippen LogP contribution in [0, 0.1) is 5.82 Å². The molecular formula is C17H21F4IN4S. The number of hydrogen-bond acceptors (Lipinski definition) is 3.